The molecule has 0 aliphatic carbocycles. The van der Waals surface area contributed by atoms with E-state index in [1.54, 1.807) is 18.2 Å². The largest absolute Gasteiger partial charge is 0.354 e. The maximum absolute atomic E-state index is 11.9. The van der Waals surface area contributed by atoms with Crippen molar-refractivity contribution in [3.05, 3.63) is 28.2 Å². The van der Waals surface area contributed by atoms with Gasteiger partial charge in [-0.25, -0.2) is 0 Å². The van der Waals surface area contributed by atoms with Crippen LogP contribution in [0.2, 0.25) is 0 Å². The van der Waals surface area contributed by atoms with E-state index in [1.807, 2.05) is 13.8 Å². The molecule has 0 saturated heterocycles. The van der Waals surface area contributed by atoms with Gasteiger partial charge >= 0.3 is 0 Å². The molecule has 1 aromatic carbocycles. The van der Waals surface area contributed by atoms with E-state index in [2.05, 4.69) is 39.2 Å². The minimum absolute atomic E-state index is 0.0329. The highest BCUT2D eigenvalue weighted by Gasteiger charge is 2.11. The summed E-state index contributed by atoms with van der Waals surface area (Å²) >= 11 is 7.53. The van der Waals surface area contributed by atoms with E-state index in [1.165, 1.54) is 0 Å². The number of hydrogen-bond donors (Lipinski definition) is 3. The molecule has 0 bridgehead atoms. The maximum atomic E-state index is 11.9. The quantitative estimate of drug-likeness (QED) is 0.717. The van der Waals surface area contributed by atoms with Crippen LogP contribution in [0.4, 0.5) is 0 Å². The SMILES string of the molecule is CC(C)CNC(=O)CNC(=O)c1ccc(Br)cc1S. The first-order valence-electron chi connectivity index (χ1n) is 5.93. The lowest BCUT2D eigenvalue weighted by Gasteiger charge is -2.09. The number of thiol groups is 1. The first-order valence-corrected chi connectivity index (χ1v) is 7.17. The molecule has 2 amide bonds. The second kappa shape index (κ2) is 7.55. The van der Waals surface area contributed by atoms with Gasteiger partial charge in [0, 0.05) is 15.9 Å². The van der Waals surface area contributed by atoms with Crippen LogP contribution < -0.4 is 10.6 Å². The van der Waals surface area contributed by atoms with E-state index >= 15 is 0 Å². The Labute approximate surface area is 126 Å². The fraction of sp³-hybridized carbons (Fsp3) is 0.385. The molecule has 0 unspecified atom stereocenters. The number of amides is 2. The van der Waals surface area contributed by atoms with E-state index in [9.17, 15) is 9.59 Å². The predicted molar refractivity (Wildman–Crippen MR) is 81.6 cm³/mol. The Morgan fingerprint density at radius 1 is 1.32 bits per heavy atom. The molecule has 19 heavy (non-hydrogen) atoms. The molecule has 1 aromatic rings. The molecule has 6 heteroatoms. The minimum atomic E-state index is -0.308. The van der Waals surface area contributed by atoms with Gasteiger partial charge in [-0.2, -0.15) is 0 Å². The lowest BCUT2D eigenvalue weighted by molar-refractivity contribution is -0.120. The number of hydrogen-bond acceptors (Lipinski definition) is 3. The van der Waals surface area contributed by atoms with Crippen molar-refractivity contribution >= 4 is 40.4 Å². The Morgan fingerprint density at radius 2 is 2.00 bits per heavy atom. The van der Waals surface area contributed by atoms with E-state index in [4.69, 9.17) is 0 Å². The van der Waals surface area contributed by atoms with E-state index in [0.717, 1.165) is 4.47 Å². The first-order chi connectivity index (χ1) is 8.90. The van der Waals surface area contributed by atoms with Crippen LogP contribution in [0.25, 0.3) is 0 Å². The fourth-order valence-electron chi connectivity index (χ4n) is 1.33. The molecule has 0 fully saturated rings. The highest BCUT2D eigenvalue weighted by Crippen LogP contribution is 2.19. The van der Waals surface area contributed by atoms with Crippen molar-refractivity contribution in [1.29, 1.82) is 0 Å². The van der Waals surface area contributed by atoms with Crippen LogP contribution in [-0.2, 0) is 4.79 Å². The second-order valence-corrected chi connectivity index (χ2v) is 5.94. The summed E-state index contributed by atoms with van der Waals surface area (Å²) in [7, 11) is 0. The van der Waals surface area contributed by atoms with Crippen molar-refractivity contribution in [2.24, 2.45) is 5.92 Å². The standard InChI is InChI=1S/C13H17BrN2O2S/c1-8(2)6-15-12(17)7-16-13(18)10-4-3-9(14)5-11(10)19/h3-5,8,19H,6-7H2,1-2H3,(H,15,17)(H,16,18). The lowest BCUT2D eigenvalue weighted by Crippen LogP contribution is -2.38. The molecule has 2 N–H and O–H groups in total. The van der Waals surface area contributed by atoms with Crippen LogP contribution in [0.15, 0.2) is 27.6 Å². The van der Waals surface area contributed by atoms with Crippen LogP contribution >= 0.6 is 28.6 Å². The van der Waals surface area contributed by atoms with Crippen LogP contribution in [0.3, 0.4) is 0 Å². The Kier molecular flexibility index (Phi) is 6.37. The normalized spacial score (nSPS) is 10.4. The Hall–Kier alpha value is -1.01. The summed E-state index contributed by atoms with van der Waals surface area (Å²) in [5.41, 5.74) is 0.447. The van der Waals surface area contributed by atoms with E-state index in [-0.39, 0.29) is 18.4 Å². The lowest BCUT2D eigenvalue weighted by atomic mass is 10.2. The molecule has 4 nitrogen and oxygen atoms in total. The van der Waals surface area contributed by atoms with Gasteiger partial charge < -0.3 is 10.6 Å². The smallest absolute Gasteiger partial charge is 0.252 e. The molecule has 0 radical (unpaired) electrons. The summed E-state index contributed by atoms with van der Waals surface area (Å²) in [4.78, 5) is 23.9. The number of nitrogens with one attached hydrogen (secondary N) is 2. The second-order valence-electron chi connectivity index (χ2n) is 4.54. The fourth-order valence-corrected chi connectivity index (χ4v) is 2.19. The van der Waals surface area contributed by atoms with Gasteiger partial charge in [-0.05, 0) is 24.1 Å². The zero-order valence-electron chi connectivity index (χ0n) is 10.9. The topological polar surface area (TPSA) is 58.2 Å². The van der Waals surface area contributed by atoms with Gasteiger partial charge in [-0.3, -0.25) is 9.59 Å². The summed E-state index contributed by atoms with van der Waals surface area (Å²) in [6.45, 7) is 4.58. The van der Waals surface area contributed by atoms with Crippen LogP contribution in [0, 0.1) is 5.92 Å². The number of carbonyl (C=O) groups is 2. The Bertz CT molecular complexity index is 478. The molecule has 1 rings (SSSR count). The Balaban J connectivity index is 2.49. The van der Waals surface area contributed by atoms with E-state index in [0.29, 0.717) is 22.9 Å². The zero-order chi connectivity index (χ0) is 14.4. The van der Waals surface area contributed by atoms with Gasteiger partial charge in [0.2, 0.25) is 5.91 Å². The van der Waals surface area contributed by atoms with Gasteiger partial charge in [-0.1, -0.05) is 29.8 Å². The number of rotatable bonds is 5. The molecule has 0 aliphatic rings. The van der Waals surface area contributed by atoms with Crippen LogP contribution in [0.5, 0.6) is 0 Å². The molecule has 0 saturated carbocycles. The molecule has 0 aliphatic heterocycles. The van der Waals surface area contributed by atoms with Gasteiger partial charge in [-0.15, -0.1) is 12.6 Å². The zero-order valence-corrected chi connectivity index (χ0v) is 13.3. The molecule has 0 atom stereocenters. The average molecular weight is 345 g/mol. The monoisotopic (exact) mass is 344 g/mol. The predicted octanol–water partition coefficient (Wildman–Crippen LogP) is 2.24. The molecular weight excluding hydrogens is 328 g/mol. The molecule has 0 spiro atoms. The first kappa shape index (κ1) is 16.0. The molecule has 0 aromatic heterocycles. The van der Waals surface area contributed by atoms with Crippen molar-refractivity contribution in [3.8, 4) is 0 Å². The van der Waals surface area contributed by atoms with Crippen molar-refractivity contribution in [2.75, 3.05) is 13.1 Å². The van der Waals surface area contributed by atoms with Crippen LogP contribution in [0.1, 0.15) is 24.2 Å². The van der Waals surface area contributed by atoms with Gasteiger partial charge in [0.1, 0.15) is 0 Å². The average Bonchev–Trinajstić information content (AvgIpc) is 2.33. The van der Waals surface area contributed by atoms with Crippen molar-refractivity contribution in [1.82, 2.24) is 10.6 Å². The molecule has 104 valence electrons. The number of halogens is 1. The van der Waals surface area contributed by atoms with Gasteiger partial charge in [0.05, 0.1) is 12.1 Å². The van der Waals surface area contributed by atoms with Crippen molar-refractivity contribution in [2.45, 2.75) is 18.7 Å². The maximum Gasteiger partial charge on any atom is 0.252 e. The highest BCUT2D eigenvalue weighted by molar-refractivity contribution is 9.10. The third-order valence-electron chi connectivity index (χ3n) is 2.32. The molecule has 0 heterocycles. The summed E-state index contributed by atoms with van der Waals surface area (Å²) < 4.78 is 0.851. The summed E-state index contributed by atoms with van der Waals surface area (Å²) in [6.07, 6.45) is 0. The summed E-state index contributed by atoms with van der Waals surface area (Å²) in [6, 6.07) is 5.15. The van der Waals surface area contributed by atoms with Crippen molar-refractivity contribution < 1.29 is 9.59 Å². The molecular formula is C13H17BrN2O2S. The minimum Gasteiger partial charge on any atom is -0.354 e. The van der Waals surface area contributed by atoms with Crippen LogP contribution in [-0.4, -0.2) is 24.9 Å². The van der Waals surface area contributed by atoms with Gasteiger partial charge in [0.25, 0.3) is 5.91 Å². The van der Waals surface area contributed by atoms with Crippen molar-refractivity contribution in [3.63, 3.8) is 0 Å². The third-order valence-corrected chi connectivity index (χ3v) is 3.18. The third kappa shape index (κ3) is 5.65. The van der Waals surface area contributed by atoms with Gasteiger partial charge in [0.15, 0.2) is 0 Å². The highest BCUT2D eigenvalue weighted by atomic mass is 79.9. The number of benzene rings is 1. The van der Waals surface area contributed by atoms with E-state index < -0.39 is 0 Å². The Morgan fingerprint density at radius 3 is 2.58 bits per heavy atom. The summed E-state index contributed by atoms with van der Waals surface area (Å²) in [5.74, 6) is -0.118. The summed E-state index contributed by atoms with van der Waals surface area (Å²) in [5, 5.41) is 5.30. The number of carbonyl (C=O) groups excluding carboxylic acids is 2.